The van der Waals surface area contributed by atoms with E-state index in [1.54, 1.807) is 42.5 Å². The Morgan fingerprint density at radius 1 is 1.21 bits per heavy atom. The molecule has 0 radical (unpaired) electrons. The average Bonchev–Trinajstić information content (AvgIpc) is 2.56. The second kappa shape index (κ2) is 9.15. The standard InChI is InChI=1S/C17H17Cl2N3O2/c1-2-9-24-16-8-3-12(10-15(16)19)11-20-22-17(23)21-14-6-4-13(18)5-7-14/h3-8,10-11H,2,9H2,1H3,(H2,21,22,23)/b20-11-. The number of hydrogen-bond donors (Lipinski definition) is 2. The molecule has 2 aromatic rings. The van der Waals surface area contributed by atoms with E-state index < -0.39 is 6.03 Å². The molecule has 2 N–H and O–H groups in total. The largest absolute Gasteiger partial charge is 0.492 e. The highest BCUT2D eigenvalue weighted by Gasteiger charge is 2.02. The smallest absolute Gasteiger partial charge is 0.339 e. The number of hydrazone groups is 1. The molecule has 24 heavy (non-hydrogen) atoms. The lowest BCUT2D eigenvalue weighted by molar-refractivity contribution is 0.252. The van der Waals surface area contributed by atoms with E-state index in [9.17, 15) is 4.79 Å². The van der Waals surface area contributed by atoms with Crippen molar-refractivity contribution in [3.8, 4) is 5.75 Å². The van der Waals surface area contributed by atoms with Crippen LogP contribution in [0.15, 0.2) is 47.6 Å². The number of urea groups is 1. The number of anilines is 1. The molecule has 0 heterocycles. The van der Waals surface area contributed by atoms with E-state index in [4.69, 9.17) is 27.9 Å². The first-order chi connectivity index (χ1) is 11.6. The molecule has 2 aromatic carbocycles. The average molecular weight is 366 g/mol. The van der Waals surface area contributed by atoms with Crippen molar-refractivity contribution >= 4 is 41.1 Å². The van der Waals surface area contributed by atoms with Crippen molar-refractivity contribution in [1.82, 2.24) is 5.43 Å². The molecule has 0 bridgehead atoms. The number of carbonyl (C=O) groups excluding carboxylic acids is 1. The summed E-state index contributed by atoms with van der Waals surface area (Å²) in [7, 11) is 0. The molecule has 0 fully saturated rings. The van der Waals surface area contributed by atoms with Gasteiger partial charge in [-0.3, -0.25) is 0 Å². The van der Waals surface area contributed by atoms with Gasteiger partial charge in [0.2, 0.25) is 0 Å². The van der Waals surface area contributed by atoms with Crippen molar-refractivity contribution in [3.05, 3.63) is 58.1 Å². The van der Waals surface area contributed by atoms with Crippen LogP contribution in [0.3, 0.4) is 0 Å². The lowest BCUT2D eigenvalue weighted by Crippen LogP contribution is -2.24. The van der Waals surface area contributed by atoms with Crippen LogP contribution in [0.5, 0.6) is 5.75 Å². The highest BCUT2D eigenvalue weighted by Crippen LogP contribution is 2.25. The molecule has 0 spiro atoms. The summed E-state index contributed by atoms with van der Waals surface area (Å²) in [5.74, 6) is 0.629. The quantitative estimate of drug-likeness (QED) is 0.562. The first kappa shape index (κ1) is 18.1. The van der Waals surface area contributed by atoms with Gasteiger partial charge >= 0.3 is 6.03 Å². The van der Waals surface area contributed by atoms with Gasteiger partial charge in [0.15, 0.2) is 0 Å². The normalized spacial score (nSPS) is 10.6. The van der Waals surface area contributed by atoms with Crippen LogP contribution in [-0.4, -0.2) is 18.9 Å². The highest BCUT2D eigenvalue weighted by atomic mass is 35.5. The van der Waals surface area contributed by atoms with E-state index in [0.29, 0.717) is 28.1 Å². The molecule has 2 rings (SSSR count). The number of nitrogens with zero attached hydrogens (tertiary/aromatic N) is 1. The number of halogens is 2. The summed E-state index contributed by atoms with van der Waals surface area (Å²) >= 11 is 11.9. The van der Waals surface area contributed by atoms with Crippen LogP contribution in [-0.2, 0) is 0 Å². The zero-order valence-electron chi connectivity index (χ0n) is 13.1. The monoisotopic (exact) mass is 365 g/mol. The van der Waals surface area contributed by atoms with Crippen molar-refractivity contribution in [3.63, 3.8) is 0 Å². The fourth-order valence-corrected chi connectivity index (χ4v) is 2.15. The molecule has 126 valence electrons. The maximum Gasteiger partial charge on any atom is 0.339 e. The summed E-state index contributed by atoms with van der Waals surface area (Å²) in [4.78, 5) is 11.7. The van der Waals surface area contributed by atoms with Gasteiger partial charge in [0, 0.05) is 10.7 Å². The van der Waals surface area contributed by atoms with E-state index in [2.05, 4.69) is 15.8 Å². The van der Waals surface area contributed by atoms with Gasteiger partial charge in [-0.1, -0.05) is 30.1 Å². The SMILES string of the molecule is CCCOc1ccc(/C=N\NC(=O)Nc2ccc(Cl)cc2)cc1Cl. The van der Waals surface area contributed by atoms with Crippen molar-refractivity contribution in [2.24, 2.45) is 5.10 Å². The summed E-state index contributed by atoms with van der Waals surface area (Å²) in [6, 6.07) is 11.6. The van der Waals surface area contributed by atoms with E-state index in [1.807, 2.05) is 6.92 Å². The van der Waals surface area contributed by atoms with Crippen LogP contribution in [0.25, 0.3) is 0 Å². The molecule has 2 amide bonds. The Hall–Kier alpha value is -2.24. The zero-order valence-corrected chi connectivity index (χ0v) is 14.6. The van der Waals surface area contributed by atoms with Crippen molar-refractivity contribution < 1.29 is 9.53 Å². The molecule has 0 unspecified atom stereocenters. The van der Waals surface area contributed by atoms with Gasteiger partial charge in [-0.05, 0) is 54.4 Å². The molecule has 0 aliphatic carbocycles. The third-order valence-corrected chi connectivity index (χ3v) is 3.45. The molecule has 0 aliphatic rings. The van der Waals surface area contributed by atoms with Gasteiger partial charge < -0.3 is 10.1 Å². The van der Waals surface area contributed by atoms with E-state index in [0.717, 1.165) is 12.0 Å². The number of benzene rings is 2. The Balaban J connectivity index is 1.87. The topological polar surface area (TPSA) is 62.7 Å². The molecule has 0 saturated heterocycles. The van der Waals surface area contributed by atoms with E-state index >= 15 is 0 Å². The number of ether oxygens (including phenoxy) is 1. The number of nitrogens with one attached hydrogen (secondary N) is 2. The van der Waals surface area contributed by atoms with Crippen LogP contribution >= 0.6 is 23.2 Å². The van der Waals surface area contributed by atoms with E-state index in [-0.39, 0.29) is 0 Å². The maximum atomic E-state index is 11.7. The number of carbonyl (C=O) groups is 1. The van der Waals surface area contributed by atoms with Crippen LogP contribution in [0, 0.1) is 0 Å². The Bertz CT molecular complexity index is 718. The molecule has 7 heteroatoms. The summed E-state index contributed by atoms with van der Waals surface area (Å²) in [5.41, 5.74) is 3.74. The fraction of sp³-hybridized carbons (Fsp3) is 0.176. The minimum Gasteiger partial charge on any atom is -0.492 e. The first-order valence-corrected chi connectivity index (χ1v) is 8.12. The maximum absolute atomic E-state index is 11.7. The molecule has 0 aromatic heterocycles. The Kier molecular flexibility index (Phi) is 6.90. The second-order valence-electron chi connectivity index (χ2n) is 4.87. The van der Waals surface area contributed by atoms with Gasteiger partial charge in [0.25, 0.3) is 0 Å². The van der Waals surface area contributed by atoms with Crippen LogP contribution < -0.4 is 15.5 Å². The predicted molar refractivity (Wildman–Crippen MR) is 98.4 cm³/mol. The van der Waals surface area contributed by atoms with Crippen molar-refractivity contribution in [2.75, 3.05) is 11.9 Å². The van der Waals surface area contributed by atoms with Gasteiger partial charge in [0.05, 0.1) is 17.8 Å². The fourth-order valence-electron chi connectivity index (χ4n) is 1.78. The zero-order chi connectivity index (χ0) is 17.4. The number of rotatable bonds is 6. The molecule has 5 nitrogen and oxygen atoms in total. The minimum absolute atomic E-state index is 0.456. The molecular formula is C17H17Cl2N3O2. The van der Waals surface area contributed by atoms with E-state index in [1.165, 1.54) is 6.21 Å². The summed E-state index contributed by atoms with van der Waals surface area (Å²) in [6.45, 7) is 2.63. The van der Waals surface area contributed by atoms with Gasteiger partial charge in [-0.2, -0.15) is 5.10 Å². The molecular weight excluding hydrogens is 349 g/mol. The highest BCUT2D eigenvalue weighted by molar-refractivity contribution is 6.32. The summed E-state index contributed by atoms with van der Waals surface area (Å²) in [6.07, 6.45) is 2.41. The third kappa shape index (κ3) is 5.76. The Morgan fingerprint density at radius 2 is 1.96 bits per heavy atom. The Morgan fingerprint density at radius 3 is 2.62 bits per heavy atom. The number of amides is 2. The van der Waals surface area contributed by atoms with Crippen LogP contribution in [0.1, 0.15) is 18.9 Å². The summed E-state index contributed by atoms with van der Waals surface area (Å²) in [5, 5.41) is 7.60. The Labute approximate surface area is 150 Å². The first-order valence-electron chi connectivity index (χ1n) is 7.36. The van der Waals surface area contributed by atoms with Crippen LogP contribution in [0.2, 0.25) is 10.0 Å². The second-order valence-corrected chi connectivity index (χ2v) is 5.71. The number of hydrogen-bond acceptors (Lipinski definition) is 3. The predicted octanol–water partition coefficient (Wildman–Crippen LogP) is 4.94. The minimum atomic E-state index is -0.456. The van der Waals surface area contributed by atoms with Gasteiger partial charge in [-0.25, -0.2) is 10.2 Å². The molecule has 0 aliphatic heterocycles. The van der Waals surface area contributed by atoms with Crippen LogP contribution in [0.4, 0.5) is 10.5 Å². The van der Waals surface area contributed by atoms with Gasteiger partial charge in [-0.15, -0.1) is 0 Å². The lowest BCUT2D eigenvalue weighted by atomic mass is 10.2. The molecule has 0 atom stereocenters. The third-order valence-electron chi connectivity index (χ3n) is 2.90. The lowest BCUT2D eigenvalue weighted by Gasteiger charge is -2.07. The van der Waals surface area contributed by atoms with Crippen molar-refractivity contribution in [2.45, 2.75) is 13.3 Å². The summed E-state index contributed by atoms with van der Waals surface area (Å²) < 4.78 is 5.49. The molecule has 0 saturated carbocycles. The van der Waals surface area contributed by atoms with Gasteiger partial charge in [0.1, 0.15) is 5.75 Å². The van der Waals surface area contributed by atoms with Crippen molar-refractivity contribution in [1.29, 1.82) is 0 Å².